The first-order valence-corrected chi connectivity index (χ1v) is 7.23. The van der Waals surface area contributed by atoms with Gasteiger partial charge in [-0.05, 0) is 49.2 Å². The number of hydrogen-bond acceptors (Lipinski definition) is 2. The van der Waals surface area contributed by atoms with Gasteiger partial charge in [0.15, 0.2) is 5.78 Å². The number of ketones is 1. The summed E-state index contributed by atoms with van der Waals surface area (Å²) in [6, 6.07) is 11.5. The average Bonchev–Trinajstić information content (AvgIpc) is 2.42. The predicted octanol–water partition coefficient (Wildman–Crippen LogP) is 4.50. The molecular weight excluding hydrogens is 316 g/mol. The van der Waals surface area contributed by atoms with Gasteiger partial charge in [-0.15, -0.1) is 0 Å². The first kappa shape index (κ1) is 14.8. The molecule has 0 unspecified atom stereocenters. The van der Waals surface area contributed by atoms with Crippen LogP contribution in [0.1, 0.15) is 27.0 Å². The van der Waals surface area contributed by atoms with Gasteiger partial charge in [-0.2, -0.15) is 0 Å². The van der Waals surface area contributed by atoms with E-state index in [2.05, 4.69) is 15.9 Å². The third-order valence-corrected chi connectivity index (χ3v) is 3.92. The minimum Gasteiger partial charge on any atom is -0.496 e. The molecule has 0 aliphatic rings. The first-order valence-electron chi connectivity index (χ1n) is 6.44. The molecule has 0 radical (unpaired) electrons. The second-order valence-corrected chi connectivity index (χ2v) is 5.77. The summed E-state index contributed by atoms with van der Waals surface area (Å²) >= 11 is 3.43. The molecule has 0 heterocycles. The van der Waals surface area contributed by atoms with Crippen molar-refractivity contribution < 1.29 is 9.53 Å². The second kappa shape index (κ2) is 6.23. The van der Waals surface area contributed by atoms with Crippen molar-refractivity contribution in [3.05, 3.63) is 63.1 Å². The van der Waals surface area contributed by atoms with Gasteiger partial charge >= 0.3 is 0 Å². The van der Waals surface area contributed by atoms with E-state index >= 15 is 0 Å². The van der Waals surface area contributed by atoms with Gasteiger partial charge in [-0.3, -0.25) is 4.79 Å². The molecule has 104 valence electrons. The van der Waals surface area contributed by atoms with Crippen molar-refractivity contribution in [1.29, 1.82) is 0 Å². The van der Waals surface area contributed by atoms with Crippen molar-refractivity contribution in [2.45, 2.75) is 20.3 Å². The average molecular weight is 333 g/mol. The topological polar surface area (TPSA) is 26.3 Å². The largest absolute Gasteiger partial charge is 0.496 e. The molecular formula is C17H17BrO2. The van der Waals surface area contributed by atoms with Crippen LogP contribution in [0.5, 0.6) is 5.75 Å². The summed E-state index contributed by atoms with van der Waals surface area (Å²) in [7, 11) is 1.62. The second-order valence-electron chi connectivity index (χ2n) is 4.86. The zero-order chi connectivity index (χ0) is 14.7. The van der Waals surface area contributed by atoms with Gasteiger partial charge in [0.1, 0.15) is 5.75 Å². The molecule has 0 spiro atoms. The normalized spacial score (nSPS) is 10.4. The molecule has 0 aliphatic heterocycles. The van der Waals surface area contributed by atoms with E-state index in [1.54, 1.807) is 7.11 Å². The fraction of sp³-hybridized carbons (Fsp3) is 0.235. The van der Waals surface area contributed by atoms with E-state index in [4.69, 9.17) is 4.74 Å². The number of methoxy groups -OCH3 is 1. The Morgan fingerprint density at radius 2 is 1.85 bits per heavy atom. The molecule has 0 N–H and O–H groups in total. The molecule has 3 heteroatoms. The number of ether oxygens (including phenoxy) is 1. The van der Waals surface area contributed by atoms with Crippen LogP contribution in [-0.4, -0.2) is 12.9 Å². The summed E-state index contributed by atoms with van der Waals surface area (Å²) in [5.41, 5.74) is 3.97. The number of aryl methyl sites for hydroxylation is 2. The van der Waals surface area contributed by atoms with Gasteiger partial charge in [-0.1, -0.05) is 28.1 Å². The number of hydrogen-bond donors (Lipinski definition) is 0. The quantitative estimate of drug-likeness (QED) is 0.770. The van der Waals surface area contributed by atoms with Crippen LogP contribution in [0.3, 0.4) is 0 Å². The molecule has 0 amide bonds. The zero-order valence-electron chi connectivity index (χ0n) is 11.9. The van der Waals surface area contributed by atoms with Crippen LogP contribution in [0.15, 0.2) is 40.9 Å². The van der Waals surface area contributed by atoms with Crippen LogP contribution in [0, 0.1) is 13.8 Å². The minimum atomic E-state index is 0.101. The first-order chi connectivity index (χ1) is 9.51. The number of benzene rings is 2. The van der Waals surface area contributed by atoms with Crippen molar-refractivity contribution >= 4 is 21.7 Å². The Bertz CT molecular complexity index is 647. The van der Waals surface area contributed by atoms with Crippen LogP contribution >= 0.6 is 15.9 Å². The number of carbonyl (C=O) groups excluding carboxylic acids is 1. The Labute approximate surface area is 127 Å². The zero-order valence-corrected chi connectivity index (χ0v) is 13.5. The number of halogens is 1. The Balaban J connectivity index is 2.27. The third-order valence-electron chi connectivity index (χ3n) is 3.42. The van der Waals surface area contributed by atoms with E-state index in [0.29, 0.717) is 6.42 Å². The lowest BCUT2D eigenvalue weighted by molar-refractivity contribution is 0.0992. The maximum absolute atomic E-state index is 12.4. The molecule has 20 heavy (non-hydrogen) atoms. The highest BCUT2D eigenvalue weighted by Crippen LogP contribution is 2.24. The van der Waals surface area contributed by atoms with E-state index in [0.717, 1.165) is 26.9 Å². The van der Waals surface area contributed by atoms with Gasteiger partial charge in [0, 0.05) is 22.0 Å². The van der Waals surface area contributed by atoms with Gasteiger partial charge in [-0.25, -0.2) is 0 Å². The lowest BCUT2D eigenvalue weighted by Gasteiger charge is -2.09. The maximum Gasteiger partial charge on any atom is 0.167 e. The Kier molecular flexibility index (Phi) is 4.61. The highest BCUT2D eigenvalue weighted by molar-refractivity contribution is 9.10. The lowest BCUT2D eigenvalue weighted by atomic mass is 9.99. The maximum atomic E-state index is 12.4. The minimum absolute atomic E-state index is 0.101. The molecule has 0 bridgehead atoms. The van der Waals surface area contributed by atoms with E-state index in [-0.39, 0.29) is 5.78 Å². The van der Waals surface area contributed by atoms with Crippen LogP contribution in [0.25, 0.3) is 0 Å². The van der Waals surface area contributed by atoms with Gasteiger partial charge < -0.3 is 4.74 Å². The fourth-order valence-corrected chi connectivity index (χ4v) is 2.48. The Morgan fingerprint density at radius 1 is 1.10 bits per heavy atom. The molecule has 2 rings (SSSR count). The summed E-state index contributed by atoms with van der Waals surface area (Å²) in [6.07, 6.45) is 0.338. The smallest absolute Gasteiger partial charge is 0.167 e. The summed E-state index contributed by atoms with van der Waals surface area (Å²) < 4.78 is 6.25. The van der Waals surface area contributed by atoms with Crippen molar-refractivity contribution in [3.8, 4) is 5.75 Å². The highest BCUT2D eigenvalue weighted by Gasteiger charge is 2.12. The standard InChI is InChI=1S/C17H17BrO2/c1-11-4-5-13(8-12(11)2)16(19)10-14-9-15(18)6-7-17(14)20-3/h4-9H,10H2,1-3H3. The molecule has 2 aromatic rings. The summed E-state index contributed by atoms with van der Waals surface area (Å²) in [5.74, 6) is 0.842. The SMILES string of the molecule is COc1ccc(Br)cc1CC(=O)c1ccc(C)c(C)c1. The van der Waals surface area contributed by atoms with Crippen LogP contribution in [-0.2, 0) is 6.42 Å². The monoisotopic (exact) mass is 332 g/mol. The van der Waals surface area contributed by atoms with Crippen molar-refractivity contribution in [3.63, 3.8) is 0 Å². The van der Waals surface area contributed by atoms with Crippen LogP contribution in [0.4, 0.5) is 0 Å². The van der Waals surface area contributed by atoms with E-state index in [1.807, 2.05) is 50.2 Å². The molecule has 0 saturated heterocycles. The highest BCUT2D eigenvalue weighted by atomic mass is 79.9. The molecule has 2 aromatic carbocycles. The van der Waals surface area contributed by atoms with E-state index in [1.165, 1.54) is 5.56 Å². The number of rotatable bonds is 4. The predicted molar refractivity (Wildman–Crippen MR) is 84.6 cm³/mol. The summed E-state index contributed by atoms with van der Waals surface area (Å²) in [6.45, 7) is 4.06. The van der Waals surface area contributed by atoms with Gasteiger partial charge in [0.05, 0.1) is 7.11 Å². The Hall–Kier alpha value is -1.61. The Morgan fingerprint density at radius 3 is 2.50 bits per heavy atom. The summed E-state index contributed by atoms with van der Waals surface area (Å²) in [4.78, 5) is 12.4. The number of carbonyl (C=O) groups is 1. The fourth-order valence-electron chi connectivity index (χ4n) is 2.08. The van der Waals surface area contributed by atoms with E-state index < -0.39 is 0 Å². The summed E-state index contributed by atoms with van der Waals surface area (Å²) in [5, 5.41) is 0. The van der Waals surface area contributed by atoms with Crippen molar-refractivity contribution in [2.24, 2.45) is 0 Å². The van der Waals surface area contributed by atoms with Crippen LogP contribution < -0.4 is 4.74 Å². The van der Waals surface area contributed by atoms with Crippen molar-refractivity contribution in [1.82, 2.24) is 0 Å². The molecule has 2 nitrogen and oxygen atoms in total. The van der Waals surface area contributed by atoms with Crippen molar-refractivity contribution in [2.75, 3.05) is 7.11 Å². The molecule has 0 saturated carbocycles. The molecule has 0 aromatic heterocycles. The van der Waals surface area contributed by atoms with Crippen LogP contribution in [0.2, 0.25) is 0 Å². The lowest BCUT2D eigenvalue weighted by Crippen LogP contribution is -2.05. The molecule has 0 atom stereocenters. The number of Topliss-reactive ketones (excluding diaryl/α,β-unsaturated/α-hetero) is 1. The van der Waals surface area contributed by atoms with Gasteiger partial charge in [0.25, 0.3) is 0 Å². The molecule has 0 aliphatic carbocycles. The van der Waals surface area contributed by atoms with Gasteiger partial charge in [0.2, 0.25) is 0 Å². The van der Waals surface area contributed by atoms with E-state index in [9.17, 15) is 4.79 Å². The third kappa shape index (κ3) is 3.28. The molecule has 0 fully saturated rings.